The molecule has 87 heavy (non-hydrogen) atoms. The molecule has 0 aromatic heterocycles. The third kappa shape index (κ3) is 70.3. The number of ether oxygens (including phenoxy) is 2. The van der Waals surface area contributed by atoms with E-state index in [4.69, 9.17) is 24.3 Å². The van der Waals surface area contributed by atoms with E-state index >= 15 is 0 Å². The molecule has 10 heteroatoms. The van der Waals surface area contributed by atoms with Crippen molar-refractivity contribution in [3.8, 4) is 0 Å². The number of carbonyl (C=O) groups excluding carboxylic acids is 2. The van der Waals surface area contributed by atoms with Crippen molar-refractivity contribution in [2.45, 2.75) is 277 Å². The minimum Gasteiger partial charge on any atom is -0.462 e. The summed E-state index contributed by atoms with van der Waals surface area (Å²) in [6.07, 6.45) is 104. The summed E-state index contributed by atoms with van der Waals surface area (Å²) >= 11 is 0. The van der Waals surface area contributed by atoms with Gasteiger partial charge in [0.25, 0.3) is 0 Å². The first-order valence-corrected chi connectivity index (χ1v) is 36.1. The van der Waals surface area contributed by atoms with Crippen molar-refractivity contribution in [1.82, 2.24) is 0 Å². The van der Waals surface area contributed by atoms with Gasteiger partial charge in [-0.1, -0.05) is 293 Å². The van der Waals surface area contributed by atoms with E-state index in [-0.39, 0.29) is 32.6 Å². The number of hydrogen-bond donors (Lipinski definition) is 2. The molecule has 0 bridgehead atoms. The molecule has 0 saturated heterocycles. The lowest BCUT2D eigenvalue weighted by Crippen LogP contribution is -2.29. The van der Waals surface area contributed by atoms with Gasteiger partial charge in [0.05, 0.1) is 13.2 Å². The van der Waals surface area contributed by atoms with Gasteiger partial charge in [0.15, 0.2) is 6.10 Å². The molecule has 0 aliphatic rings. The van der Waals surface area contributed by atoms with Crippen LogP contribution in [0.1, 0.15) is 271 Å². The Kier molecular flexibility index (Phi) is 66.7. The summed E-state index contributed by atoms with van der Waals surface area (Å²) in [6.45, 7) is 3.59. The molecule has 2 atom stereocenters. The van der Waals surface area contributed by atoms with Crippen LogP contribution < -0.4 is 5.73 Å². The van der Waals surface area contributed by atoms with Gasteiger partial charge < -0.3 is 20.1 Å². The van der Waals surface area contributed by atoms with E-state index in [9.17, 15) is 19.0 Å². The Bertz CT molecular complexity index is 2030. The van der Waals surface area contributed by atoms with Crippen molar-refractivity contribution in [3.05, 3.63) is 170 Å². The van der Waals surface area contributed by atoms with Gasteiger partial charge in [0, 0.05) is 19.4 Å². The van der Waals surface area contributed by atoms with E-state index in [1.54, 1.807) is 0 Å². The van der Waals surface area contributed by atoms with Crippen LogP contribution in [0.5, 0.6) is 0 Å². The molecule has 0 heterocycles. The quantitative estimate of drug-likeness (QED) is 0.0264. The van der Waals surface area contributed by atoms with Crippen molar-refractivity contribution in [2.24, 2.45) is 5.73 Å². The van der Waals surface area contributed by atoms with E-state index in [0.717, 1.165) is 128 Å². The lowest BCUT2D eigenvalue weighted by molar-refractivity contribution is -0.161. The van der Waals surface area contributed by atoms with Gasteiger partial charge in [-0.15, -0.1) is 0 Å². The Balaban J connectivity index is 4.03. The van der Waals surface area contributed by atoms with Crippen LogP contribution in [0.15, 0.2) is 170 Å². The number of carbonyl (C=O) groups is 2. The van der Waals surface area contributed by atoms with Gasteiger partial charge >= 0.3 is 19.8 Å². The predicted molar refractivity (Wildman–Crippen MR) is 376 cm³/mol. The number of unbranched alkanes of at least 4 members (excludes halogenated alkanes) is 22. The zero-order valence-electron chi connectivity index (χ0n) is 55.2. The molecule has 0 aliphatic carbocycles. The van der Waals surface area contributed by atoms with E-state index in [1.165, 1.54) is 109 Å². The fraction of sp³-hybridized carbons (Fsp3) is 0.610. The van der Waals surface area contributed by atoms with Crippen molar-refractivity contribution < 1.29 is 37.6 Å². The zero-order valence-corrected chi connectivity index (χ0v) is 56.1. The molecular formula is C77H126NO8P. The molecule has 2 unspecified atom stereocenters. The maximum absolute atomic E-state index is 12.8. The standard InChI is InChI=1S/C77H126NO8P/c1-3-5-7-9-11-13-15-17-19-21-23-25-27-29-30-31-32-33-34-35-36-37-38-39-40-41-42-43-44-46-48-50-52-54-56-58-60-62-64-66-68-70-77(80)86-75(74-85-87(81,82)84-72-71-78)73-83-76(79)69-67-65-63-61-59-57-55-53-51-49-47-45-28-26-24-22-20-18-16-14-12-10-8-6-4-2/h5,7,11,13,16-19,22-25,29-30,32-33,35-36,38-39,41-42,44,46,50,52,56,58,75H,3-4,6,8-10,12,14-15,20-21,26-28,31,34,37,40,43,45,47-49,51,53-55,57,59-74,78H2,1-2H3,(H,81,82)/b7-5-,13-11-,18-16-,19-17-,24-22-,25-23-,30-29-,33-32-,36-35-,39-38-,42-41-,46-44-,52-50-,58-56-. The molecule has 0 aromatic carbocycles. The van der Waals surface area contributed by atoms with Crippen LogP contribution >= 0.6 is 7.82 Å². The summed E-state index contributed by atoms with van der Waals surface area (Å²) in [5, 5.41) is 0. The molecule has 9 nitrogen and oxygen atoms in total. The van der Waals surface area contributed by atoms with Crippen LogP contribution in [-0.4, -0.2) is 49.3 Å². The van der Waals surface area contributed by atoms with Crippen LogP contribution in [0.3, 0.4) is 0 Å². The SMILES string of the molecule is CC/C=C\C/C=C\C/C=C\C/C=C\C/C=C\C/C=C\C/C=C\C/C=C\C/C=C\C/C=C\C/C=C\C/C=C\CCCCCCC(=O)OC(COC(=O)CCCCCCCCCCCCCCC/C=C\C/C=C\CCCCCCC)COP(=O)(O)OCCN. The normalized spacial score (nSPS) is 14.0. The van der Waals surface area contributed by atoms with Crippen LogP contribution in [0.4, 0.5) is 0 Å². The Morgan fingerprint density at radius 2 is 0.632 bits per heavy atom. The molecule has 0 aromatic rings. The van der Waals surface area contributed by atoms with E-state index in [1.807, 2.05) is 0 Å². The fourth-order valence-electron chi connectivity index (χ4n) is 9.00. The van der Waals surface area contributed by atoms with Crippen molar-refractivity contribution in [1.29, 1.82) is 0 Å². The summed E-state index contributed by atoms with van der Waals surface area (Å²) in [5.74, 6) is -0.865. The molecule has 0 fully saturated rings. The molecule has 0 rings (SSSR count). The Labute approximate surface area is 533 Å². The highest BCUT2D eigenvalue weighted by Crippen LogP contribution is 2.43. The van der Waals surface area contributed by atoms with E-state index in [2.05, 4.69) is 184 Å². The average molecular weight is 1220 g/mol. The minimum atomic E-state index is -4.41. The number of esters is 2. The van der Waals surface area contributed by atoms with E-state index < -0.39 is 32.5 Å². The first-order chi connectivity index (χ1) is 42.8. The van der Waals surface area contributed by atoms with Gasteiger partial charge in [-0.2, -0.15) is 0 Å². The molecule has 0 spiro atoms. The van der Waals surface area contributed by atoms with Gasteiger partial charge in [0.1, 0.15) is 6.61 Å². The zero-order chi connectivity index (χ0) is 63.0. The largest absolute Gasteiger partial charge is 0.472 e. The van der Waals surface area contributed by atoms with Gasteiger partial charge in [-0.3, -0.25) is 18.6 Å². The summed E-state index contributed by atoms with van der Waals surface area (Å²) < 4.78 is 33.1. The van der Waals surface area contributed by atoms with Crippen molar-refractivity contribution in [3.63, 3.8) is 0 Å². The van der Waals surface area contributed by atoms with Crippen molar-refractivity contribution in [2.75, 3.05) is 26.4 Å². The first-order valence-electron chi connectivity index (χ1n) is 34.6. The average Bonchev–Trinajstić information content (AvgIpc) is 3.65. The van der Waals surface area contributed by atoms with Crippen LogP contribution in [0.25, 0.3) is 0 Å². The van der Waals surface area contributed by atoms with Crippen LogP contribution in [0.2, 0.25) is 0 Å². The molecular weight excluding hydrogens is 1100 g/mol. The third-order valence-electron chi connectivity index (χ3n) is 14.1. The molecule has 0 aliphatic heterocycles. The summed E-state index contributed by atoms with van der Waals surface area (Å²) in [4.78, 5) is 35.3. The Morgan fingerprint density at radius 1 is 0.356 bits per heavy atom. The topological polar surface area (TPSA) is 134 Å². The van der Waals surface area contributed by atoms with Crippen LogP contribution in [-0.2, 0) is 32.7 Å². The summed E-state index contributed by atoms with van der Waals surface area (Å²) in [6, 6.07) is 0. The smallest absolute Gasteiger partial charge is 0.462 e. The van der Waals surface area contributed by atoms with E-state index in [0.29, 0.717) is 6.42 Å². The second kappa shape index (κ2) is 70.5. The molecule has 492 valence electrons. The summed E-state index contributed by atoms with van der Waals surface area (Å²) in [5.41, 5.74) is 5.39. The highest BCUT2D eigenvalue weighted by molar-refractivity contribution is 7.47. The third-order valence-corrected chi connectivity index (χ3v) is 15.1. The molecule has 0 radical (unpaired) electrons. The van der Waals surface area contributed by atoms with Gasteiger partial charge in [-0.25, -0.2) is 4.57 Å². The maximum atomic E-state index is 12.8. The maximum Gasteiger partial charge on any atom is 0.472 e. The van der Waals surface area contributed by atoms with Crippen LogP contribution in [0, 0.1) is 0 Å². The number of hydrogen-bond acceptors (Lipinski definition) is 8. The highest BCUT2D eigenvalue weighted by atomic mass is 31.2. The fourth-order valence-corrected chi connectivity index (χ4v) is 9.77. The lowest BCUT2D eigenvalue weighted by atomic mass is 10.0. The monoisotopic (exact) mass is 1220 g/mol. The van der Waals surface area contributed by atoms with Gasteiger partial charge in [-0.05, 0) is 135 Å². The second-order valence-electron chi connectivity index (χ2n) is 22.3. The molecule has 3 N–H and O–H groups in total. The number of rotatable bonds is 63. The predicted octanol–water partition coefficient (Wildman–Crippen LogP) is 23.0. The number of phosphoric ester groups is 1. The molecule has 0 saturated carbocycles. The number of nitrogens with two attached hydrogens (primary N) is 1. The minimum absolute atomic E-state index is 0.0407. The number of allylic oxidation sites excluding steroid dienone is 28. The van der Waals surface area contributed by atoms with Gasteiger partial charge in [0.2, 0.25) is 0 Å². The highest BCUT2D eigenvalue weighted by Gasteiger charge is 2.26. The Hall–Kier alpha value is -4.63. The first kappa shape index (κ1) is 82.4. The van der Waals surface area contributed by atoms with Crippen molar-refractivity contribution >= 4 is 19.8 Å². The molecule has 0 amide bonds. The Morgan fingerprint density at radius 3 is 0.943 bits per heavy atom. The summed E-state index contributed by atoms with van der Waals surface area (Å²) in [7, 11) is -4.41. The lowest BCUT2D eigenvalue weighted by Gasteiger charge is -2.19. The number of phosphoric acid groups is 1. The second-order valence-corrected chi connectivity index (χ2v) is 23.8.